The SMILES string of the molecule is CCCC(N)C(NC(=O)C(Cc1cnc[nH]1)NC(=O)C(C)NC(=O)C(N)CC(=O)O)C(=O)O. The minimum Gasteiger partial charge on any atom is -0.481 e. The molecule has 0 saturated carbocycles. The van der Waals surface area contributed by atoms with Crippen LogP contribution in [-0.4, -0.2) is 80.1 Å². The summed E-state index contributed by atoms with van der Waals surface area (Å²) in [5.41, 5.74) is 11.8. The van der Waals surface area contributed by atoms with Crippen LogP contribution in [0.1, 0.15) is 38.8 Å². The van der Waals surface area contributed by atoms with Gasteiger partial charge in [0.2, 0.25) is 17.7 Å². The Labute approximate surface area is 189 Å². The summed E-state index contributed by atoms with van der Waals surface area (Å²) in [4.78, 5) is 66.3. The second-order valence-corrected chi connectivity index (χ2v) is 7.55. The summed E-state index contributed by atoms with van der Waals surface area (Å²) >= 11 is 0. The van der Waals surface area contributed by atoms with Crippen molar-refractivity contribution in [3.05, 3.63) is 18.2 Å². The fourth-order valence-corrected chi connectivity index (χ4v) is 2.89. The zero-order valence-corrected chi connectivity index (χ0v) is 18.4. The minimum absolute atomic E-state index is 0.0495. The van der Waals surface area contributed by atoms with Gasteiger partial charge in [-0.25, -0.2) is 9.78 Å². The Hall–Kier alpha value is -3.52. The first-order valence-corrected chi connectivity index (χ1v) is 10.3. The maximum Gasteiger partial charge on any atom is 0.327 e. The molecule has 10 N–H and O–H groups in total. The van der Waals surface area contributed by atoms with E-state index in [1.807, 2.05) is 6.92 Å². The van der Waals surface area contributed by atoms with Crippen LogP contribution in [0.3, 0.4) is 0 Å². The van der Waals surface area contributed by atoms with Gasteiger partial charge in [-0.2, -0.15) is 0 Å². The molecule has 3 amide bonds. The van der Waals surface area contributed by atoms with Gasteiger partial charge in [-0.15, -0.1) is 0 Å². The first-order valence-electron chi connectivity index (χ1n) is 10.3. The highest BCUT2D eigenvalue weighted by Crippen LogP contribution is 2.04. The molecule has 14 nitrogen and oxygen atoms in total. The van der Waals surface area contributed by atoms with Crippen LogP contribution in [0.2, 0.25) is 0 Å². The van der Waals surface area contributed by atoms with Crippen molar-refractivity contribution >= 4 is 29.7 Å². The largest absolute Gasteiger partial charge is 0.481 e. The van der Waals surface area contributed by atoms with Crippen LogP contribution >= 0.6 is 0 Å². The Balaban J connectivity index is 2.91. The molecule has 0 fully saturated rings. The van der Waals surface area contributed by atoms with E-state index in [9.17, 15) is 29.1 Å². The standard InChI is InChI=1S/C19H31N7O7/c1-3-4-11(20)15(19(32)33)26-18(31)13(5-10-7-22-8-23-10)25-16(29)9(2)24-17(30)12(21)6-14(27)28/h7-9,11-13,15H,3-6,20-21H2,1-2H3,(H,22,23)(H,24,30)(H,25,29)(H,26,31)(H,27,28)(H,32,33). The number of rotatable bonds is 14. The number of nitrogens with one attached hydrogen (secondary N) is 4. The van der Waals surface area contributed by atoms with E-state index < -0.39 is 66.3 Å². The van der Waals surface area contributed by atoms with Crippen LogP contribution in [0, 0.1) is 0 Å². The van der Waals surface area contributed by atoms with Crippen molar-refractivity contribution in [1.29, 1.82) is 0 Å². The quantitative estimate of drug-likeness (QED) is 0.142. The van der Waals surface area contributed by atoms with Crippen LogP contribution in [0.5, 0.6) is 0 Å². The number of H-pyrrole nitrogens is 1. The van der Waals surface area contributed by atoms with Crippen molar-refractivity contribution in [2.24, 2.45) is 11.5 Å². The molecule has 0 saturated heterocycles. The lowest BCUT2D eigenvalue weighted by molar-refractivity contribution is -0.143. The van der Waals surface area contributed by atoms with Gasteiger partial charge in [0.15, 0.2) is 0 Å². The first-order chi connectivity index (χ1) is 15.5. The third-order valence-electron chi connectivity index (χ3n) is 4.71. The Kier molecular flexibility index (Phi) is 10.9. The maximum absolute atomic E-state index is 12.9. The molecule has 0 aliphatic heterocycles. The normalized spacial score (nSPS) is 15.4. The smallest absolute Gasteiger partial charge is 0.327 e. The van der Waals surface area contributed by atoms with E-state index in [0.29, 0.717) is 18.5 Å². The molecule has 0 spiro atoms. The molecule has 184 valence electrons. The molecule has 5 unspecified atom stereocenters. The number of aromatic nitrogens is 2. The van der Waals surface area contributed by atoms with Crippen molar-refractivity contribution < 1.29 is 34.2 Å². The van der Waals surface area contributed by atoms with Crippen LogP contribution < -0.4 is 27.4 Å². The van der Waals surface area contributed by atoms with Crippen molar-refractivity contribution in [1.82, 2.24) is 25.9 Å². The predicted molar refractivity (Wildman–Crippen MR) is 115 cm³/mol. The molecular weight excluding hydrogens is 438 g/mol. The molecule has 1 rings (SSSR count). The molecule has 1 aromatic rings. The molecule has 0 aliphatic carbocycles. The summed E-state index contributed by atoms with van der Waals surface area (Å²) < 4.78 is 0. The average Bonchev–Trinajstić information content (AvgIpc) is 3.23. The van der Waals surface area contributed by atoms with E-state index in [-0.39, 0.29) is 6.42 Å². The molecular formula is C19H31N7O7. The second-order valence-electron chi connectivity index (χ2n) is 7.55. The fraction of sp³-hybridized carbons (Fsp3) is 0.579. The van der Waals surface area contributed by atoms with Crippen molar-refractivity contribution in [3.8, 4) is 0 Å². The summed E-state index contributed by atoms with van der Waals surface area (Å²) in [6, 6.07) is -5.95. The summed E-state index contributed by atoms with van der Waals surface area (Å²) in [6.45, 7) is 3.14. The zero-order valence-electron chi connectivity index (χ0n) is 18.4. The first kappa shape index (κ1) is 27.5. The predicted octanol–water partition coefficient (Wildman–Crippen LogP) is -2.56. The number of carbonyl (C=O) groups excluding carboxylic acids is 3. The summed E-state index contributed by atoms with van der Waals surface area (Å²) in [5.74, 6) is -5.01. The number of carboxylic acid groups (broad SMARTS) is 2. The van der Waals surface area contributed by atoms with Gasteiger partial charge in [0.25, 0.3) is 0 Å². The Morgan fingerprint density at radius 1 is 1.06 bits per heavy atom. The van der Waals surface area contributed by atoms with Gasteiger partial charge in [0.05, 0.1) is 18.8 Å². The lowest BCUT2D eigenvalue weighted by Crippen LogP contribution is -2.59. The number of hydrogen-bond acceptors (Lipinski definition) is 8. The number of nitrogens with two attached hydrogens (primary N) is 2. The van der Waals surface area contributed by atoms with Crippen LogP contribution in [-0.2, 0) is 30.4 Å². The number of nitrogens with zero attached hydrogens (tertiary/aromatic N) is 1. The van der Waals surface area contributed by atoms with E-state index in [0.717, 1.165) is 0 Å². The van der Waals surface area contributed by atoms with Gasteiger partial charge in [-0.1, -0.05) is 13.3 Å². The van der Waals surface area contributed by atoms with Crippen molar-refractivity contribution in [2.45, 2.75) is 69.7 Å². The highest BCUT2D eigenvalue weighted by atomic mass is 16.4. The Morgan fingerprint density at radius 2 is 1.73 bits per heavy atom. The lowest BCUT2D eigenvalue weighted by atomic mass is 10.0. The van der Waals surface area contributed by atoms with Crippen molar-refractivity contribution in [3.63, 3.8) is 0 Å². The molecule has 0 aliphatic rings. The molecule has 1 aromatic heterocycles. The number of imidazole rings is 1. The van der Waals surface area contributed by atoms with Crippen molar-refractivity contribution in [2.75, 3.05) is 0 Å². The van der Waals surface area contributed by atoms with Gasteiger partial charge in [-0.3, -0.25) is 19.2 Å². The Bertz CT molecular complexity index is 830. The van der Waals surface area contributed by atoms with E-state index >= 15 is 0 Å². The van der Waals surface area contributed by atoms with E-state index in [2.05, 4.69) is 25.9 Å². The molecule has 0 aromatic carbocycles. The average molecular weight is 469 g/mol. The van der Waals surface area contributed by atoms with E-state index in [1.54, 1.807) is 0 Å². The third kappa shape index (κ3) is 9.24. The number of amides is 3. The maximum atomic E-state index is 12.9. The Morgan fingerprint density at radius 3 is 2.24 bits per heavy atom. The summed E-state index contributed by atoms with van der Waals surface area (Å²) in [7, 11) is 0. The second kappa shape index (κ2) is 13.1. The van der Waals surface area contributed by atoms with Gasteiger partial charge >= 0.3 is 11.9 Å². The van der Waals surface area contributed by atoms with Crippen LogP contribution in [0.25, 0.3) is 0 Å². The summed E-state index contributed by atoms with van der Waals surface area (Å²) in [5, 5.41) is 25.2. The molecule has 5 atom stereocenters. The number of aromatic amines is 1. The van der Waals surface area contributed by atoms with Gasteiger partial charge in [0.1, 0.15) is 18.1 Å². The molecule has 1 heterocycles. The number of aliphatic carboxylic acids is 2. The molecule has 33 heavy (non-hydrogen) atoms. The molecule has 0 radical (unpaired) electrons. The highest BCUT2D eigenvalue weighted by Gasteiger charge is 2.32. The molecule has 14 heteroatoms. The third-order valence-corrected chi connectivity index (χ3v) is 4.71. The van der Waals surface area contributed by atoms with E-state index in [4.69, 9.17) is 16.6 Å². The number of hydrogen-bond donors (Lipinski definition) is 8. The van der Waals surface area contributed by atoms with E-state index in [1.165, 1.54) is 19.4 Å². The van der Waals surface area contributed by atoms with Gasteiger partial charge < -0.3 is 42.6 Å². The van der Waals surface area contributed by atoms with Crippen LogP contribution in [0.15, 0.2) is 12.5 Å². The lowest BCUT2D eigenvalue weighted by Gasteiger charge is -2.25. The fourth-order valence-electron chi connectivity index (χ4n) is 2.89. The van der Waals surface area contributed by atoms with Crippen LogP contribution in [0.4, 0.5) is 0 Å². The van der Waals surface area contributed by atoms with Gasteiger partial charge in [-0.05, 0) is 13.3 Å². The topological polar surface area (TPSA) is 243 Å². The summed E-state index contributed by atoms with van der Waals surface area (Å²) in [6.07, 6.45) is 3.09. The minimum atomic E-state index is -1.37. The molecule has 0 bridgehead atoms. The number of carbonyl (C=O) groups is 5. The zero-order chi connectivity index (χ0) is 25.1. The number of carboxylic acids is 2. The van der Waals surface area contributed by atoms with Gasteiger partial charge in [0, 0.05) is 24.4 Å². The monoisotopic (exact) mass is 469 g/mol. The highest BCUT2D eigenvalue weighted by molar-refractivity contribution is 5.94.